The van der Waals surface area contributed by atoms with Crippen molar-refractivity contribution >= 4 is 11.6 Å². The Hall–Kier alpha value is -4.08. The van der Waals surface area contributed by atoms with Crippen LogP contribution in [0.5, 0.6) is 11.5 Å². The van der Waals surface area contributed by atoms with Crippen molar-refractivity contribution in [1.82, 2.24) is 29.3 Å². The van der Waals surface area contributed by atoms with Gasteiger partial charge in [-0.15, -0.1) is 0 Å². The van der Waals surface area contributed by atoms with Crippen molar-refractivity contribution in [1.29, 1.82) is 0 Å². The lowest BCUT2D eigenvalue weighted by Crippen LogP contribution is -2.15. The Morgan fingerprint density at radius 3 is 2.53 bits per heavy atom. The quantitative estimate of drug-likeness (QED) is 0.386. The zero-order valence-corrected chi connectivity index (χ0v) is 19.9. The molecule has 34 heavy (non-hydrogen) atoms. The summed E-state index contributed by atoms with van der Waals surface area (Å²) in [6, 6.07) is 9.51. The number of nitrogens with zero attached hydrogens (tertiary/aromatic N) is 6. The second-order valence-electron chi connectivity index (χ2n) is 7.84. The van der Waals surface area contributed by atoms with Gasteiger partial charge in [0.25, 0.3) is 5.91 Å². The number of carbonyl (C=O) groups is 1. The summed E-state index contributed by atoms with van der Waals surface area (Å²) in [5.74, 6) is 1.13. The zero-order chi connectivity index (χ0) is 24.1. The summed E-state index contributed by atoms with van der Waals surface area (Å²) >= 11 is 0. The molecule has 0 spiro atoms. The molecule has 4 aromatic rings. The molecule has 3 aromatic heterocycles. The van der Waals surface area contributed by atoms with Crippen molar-refractivity contribution in [2.75, 3.05) is 18.5 Å². The van der Waals surface area contributed by atoms with Crippen LogP contribution in [-0.4, -0.2) is 48.5 Å². The fourth-order valence-electron chi connectivity index (χ4n) is 3.61. The maximum atomic E-state index is 12.7. The monoisotopic (exact) mass is 463 g/mol. The number of nitrogens with one attached hydrogen (secondary N) is 1. The Morgan fingerprint density at radius 1 is 1.00 bits per heavy atom. The van der Waals surface area contributed by atoms with Crippen LogP contribution in [0.4, 0.5) is 5.69 Å². The number of benzene rings is 1. The van der Waals surface area contributed by atoms with Crippen LogP contribution in [0.3, 0.4) is 0 Å². The maximum Gasteiger partial charge on any atom is 0.276 e. The van der Waals surface area contributed by atoms with E-state index in [9.17, 15) is 4.79 Å². The molecule has 0 unspecified atom stereocenters. The minimum absolute atomic E-state index is 0.300. The van der Waals surface area contributed by atoms with Crippen LogP contribution in [-0.2, 0) is 13.2 Å². The van der Waals surface area contributed by atoms with Crippen LogP contribution in [0.15, 0.2) is 48.9 Å². The molecule has 0 bridgehead atoms. The van der Waals surface area contributed by atoms with E-state index in [0.717, 1.165) is 22.7 Å². The van der Waals surface area contributed by atoms with E-state index in [1.54, 1.807) is 34.0 Å². The molecule has 0 saturated heterocycles. The molecule has 0 aliphatic heterocycles. The molecular weight excluding hydrogens is 434 g/mol. The first-order valence-electron chi connectivity index (χ1n) is 11.2. The van der Waals surface area contributed by atoms with E-state index in [1.807, 2.05) is 56.6 Å². The minimum Gasteiger partial charge on any atom is -0.490 e. The fourth-order valence-corrected chi connectivity index (χ4v) is 3.61. The number of aryl methyl sites for hydroxylation is 2. The first-order chi connectivity index (χ1) is 16.4. The molecule has 178 valence electrons. The summed E-state index contributed by atoms with van der Waals surface area (Å²) in [6.45, 7) is 9.90. The van der Waals surface area contributed by atoms with E-state index in [-0.39, 0.29) is 5.91 Å². The van der Waals surface area contributed by atoms with E-state index in [0.29, 0.717) is 43.6 Å². The van der Waals surface area contributed by atoms with E-state index in [2.05, 4.69) is 20.6 Å². The number of carbonyl (C=O) groups excluding carboxylic acids is 1. The van der Waals surface area contributed by atoms with Gasteiger partial charge in [-0.1, -0.05) is 6.07 Å². The summed E-state index contributed by atoms with van der Waals surface area (Å²) in [5, 5.41) is 16.0. The van der Waals surface area contributed by atoms with Crippen molar-refractivity contribution in [3.63, 3.8) is 0 Å². The highest BCUT2D eigenvalue weighted by Gasteiger charge is 2.13. The van der Waals surface area contributed by atoms with E-state index >= 15 is 0 Å². The molecule has 1 amide bonds. The standard InChI is InChI=1S/C24H29N7O3/c1-5-33-22-8-7-19(12-23(22)34-6-2)14-30-15-20(13-25-30)26-24(32)21-9-10-29(28-21)16-31-18(4)11-17(3)27-31/h7-13,15H,5-6,14,16H2,1-4H3,(H,26,32). The molecule has 1 N–H and O–H groups in total. The average molecular weight is 464 g/mol. The second-order valence-corrected chi connectivity index (χ2v) is 7.84. The Morgan fingerprint density at radius 2 is 1.79 bits per heavy atom. The minimum atomic E-state index is -0.300. The molecule has 0 atom stereocenters. The van der Waals surface area contributed by atoms with Crippen LogP contribution in [0.1, 0.15) is 41.3 Å². The fraction of sp³-hybridized carbons (Fsp3) is 0.333. The molecule has 0 radical (unpaired) electrons. The SMILES string of the molecule is CCOc1ccc(Cn2cc(NC(=O)c3ccn(Cn4nc(C)cc4C)n3)cn2)cc1OCC. The Kier molecular flexibility index (Phi) is 6.95. The van der Waals surface area contributed by atoms with Gasteiger partial charge < -0.3 is 14.8 Å². The number of hydrogen-bond acceptors (Lipinski definition) is 6. The molecule has 0 aliphatic carbocycles. The van der Waals surface area contributed by atoms with Gasteiger partial charge in [0.05, 0.1) is 37.3 Å². The topological polar surface area (TPSA) is 101 Å². The van der Waals surface area contributed by atoms with Crippen LogP contribution >= 0.6 is 0 Å². The van der Waals surface area contributed by atoms with Gasteiger partial charge in [-0.25, -0.2) is 4.68 Å². The normalized spacial score (nSPS) is 10.9. The Labute approximate surface area is 198 Å². The highest BCUT2D eigenvalue weighted by Crippen LogP contribution is 2.29. The van der Waals surface area contributed by atoms with Gasteiger partial charge in [0.15, 0.2) is 17.2 Å². The van der Waals surface area contributed by atoms with E-state index < -0.39 is 0 Å². The third-order valence-electron chi connectivity index (χ3n) is 5.10. The number of ether oxygens (including phenoxy) is 2. The summed E-state index contributed by atoms with van der Waals surface area (Å²) in [6.07, 6.45) is 5.15. The molecule has 0 saturated carbocycles. The average Bonchev–Trinajstić information content (AvgIpc) is 3.52. The Bertz CT molecular complexity index is 1270. The largest absolute Gasteiger partial charge is 0.490 e. The molecule has 1 aromatic carbocycles. The van der Waals surface area contributed by atoms with Crippen LogP contribution < -0.4 is 14.8 Å². The lowest BCUT2D eigenvalue weighted by atomic mass is 10.2. The number of hydrogen-bond donors (Lipinski definition) is 1. The highest BCUT2D eigenvalue weighted by molar-refractivity contribution is 6.02. The predicted molar refractivity (Wildman–Crippen MR) is 127 cm³/mol. The summed E-state index contributed by atoms with van der Waals surface area (Å²) < 4.78 is 16.6. The van der Waals surface area contributed by atoms with Gasteiger partial charge in [-0.2, -0.15) is 15.3 Å². The number of amides is 1. The Balaban J connectivity index is 1.38. The lowest BCUT2D eigenvalue weighted by molar-refractivity contribution is 0.102. The predicted octanol–water partition coefficient (Wildman–Crippen LogP) is 3.50. The van der Waals surface area contributed by atoms with Gasteiger partial charge in [0, 0.05) is 18.1 Å². The van der Waals surface area contributed by atoms with Crippen molar-refractivity contribution in [3.8, 4) is 11.5 Å². The van der Waals surface area contributed by atoms with Gasteiger partial charge >= 0.3 is 0 Å². The van der Waals surface area contributed by atoms with E-state index in [1.165, 1.54) is 0 Å². The van der Waals surface area contributed by atoms with Gasteiger partial charge in [-0.05, 0) is 57.5 Å². The van der Waals surface area contributed by atoms with Crippen molar-refractivity contribution in [2.24, 2.45) is 0 Å². The maximum absolute atomic E-state index is 12.7. The van der Waals surface area contributed by atoms with Crippen molar-refractivity contribution in [3.05, 3.63) is 71.6 Å². The second kappa shape index (κ2) is 10.2. The third kappa shape index (κ3) is 5.45. The molecule has 10 nitrogen and oxygen atoms in total. The third-order valence-corrected chi connectivity index (χ3v) is 5.10. The summed E-state index contributed by atoms with van der Waals surface area (Å²) in [5.41, 5.74) is 3.90. The molecular formula is C24H29N7O3. The van der Waals surface area contributed by atoms with E-state index in [4.69, 9.17) is 9.47 Å². The van der Waals surface area contributed by atoms with Crippen molar-refractivity contribution < 1.29 is 14.3 Å². The van der Waals surface area contributed by atoms with Gasteiger partial charge in [0.2, 0.25) is 0 Å². The lowest BCUT2D eigenvalue weighted by Gasteiger charge is -2.12. The molecule has 0 fully saturated rings. The number of aromatic nitrogens is 6. The molecule has 0 aliphatic rings. The number of anilines is 1. The van der Waals surface area contributed by atoms with Gasteiger partial charge in [0.1, 0.15) is 6.67 Å². The number of rotatable bonds is 10. The smallest absolute Gasteiger partial charge is 0.276 e. The molecule has 3 heterocycles. The summed E-state index contributed by atoms with van der Waals surface area (Å²) in [4.78, 5) is 12.7. The highest BCUT2D eigenvalue weighted by atomic mass is 16.5. The summed E-state index contributed by atoms with van der Waals surface area (Å²) in [7, 11) is 0. The first-order valence-corrected chi connectivity index (χ1v) is 11.2. The first kappa shape index (κ1) is 23.1. The van der Waals surface area contributed by atoms with Crippen molar-refractivity contribution in [2.45, 2.75) is 40.9 Å². The van der Waals surface area contributed by atoms with Crippen LogP contribution in [0.25, 0.3) is 0 Å². The zero-order valence-electron chi connectivity index (χ0n) is 19.9. The molecule has 10 heteroatoms. The van der Waals surface area contributed by atoms with Crippen LogP contribution in [0.2, 0.25) is 0 Å². The molecule has 4 rings (SSSR count). The van der Waals surface area contributed by atoms with Gasteiger partial charge in [-0.3, -0.25) is 14.2 Å². The van der Waals surface area contributed by atoms with Crippen LogP contribution in [0, 0.1) is 13.8 Å².